The number of halogens is 2. The molecule has 1 aliphatic heterocycles. The van der Waals surface area contributed by atoms with E-state index in [0.717, 1.165) is 22.5 Å². The molecule has 1 atom stereocenters. The van der Waals surface area contributed by atoms with Gasteiger partial charge >= 0.3 is 5.97 Å². The van der Waals surface area contributed by atoms with Crippen molar-refractivity contribution in [3.05, 3.63) is 125 Å². The third kappa shape index (κ3) is 4.73. The Morgan fingerprint density at radius 2 is 1.78 bits per heavy atom. The van der Waals surface area contributed by atoms with Gasteiger partial charge in [-0.3, -0.25) is 9.36 Å². The van der Waals surface area contributed by atoms with Crippen molar-refractivity contribution in [2.24, 2.45) is 4.99 Å². The molecule has 1 N–H and O–H groups in total. The van der Waals surface area contributed by atoms with Crippen molar-refractivity contribution in [1.82, 2.24) is 4.57 Å². The average molecular weight is 551 g/mol. The molecule has 4 aromatic rings. The lowest BCUT2D eigenvalue weighted by atomic mass is 9.93. The smallest absolute Gasteiger partial charge is 0.338 e. The number of phenols is 1. The highest BCUT2D eigenvalue weighted by Gasteiger charge is 2.35. The number of thiazole rings is 1. The molecule has 9 heteroatoms. The SMILES string of the molecule is CCOC(=O)C1=C(c2ccccc2)N=c2s/c(=C\c3cc(Cl)cc(Cl)c3O)c(=O)n2[C@@H]1c1ccccc1. The van der Waals surface area contributed by atoms with Crippen molar-refractivity contribution in [3.8, 4) is 5.75 Å². The van der Waals surface area contributed by atoms with Gasteiger partial charge in [-0.05, 0) is 30.7 Å². The summed E-state index contributed by atoms with van der Waals surface area (Å²) in [5.41, 5.74) is 2.09. The molecule has 0 unspecified atom stereocenters. The van der Waals surface area contributed by atoms with E-state index in [1.807, 2.05) is 60.7 Å². The van der Waals surface area contributed by atoms with Crippen molar-refractivity contribution in [2.75, 3.05) is 6.61 Å². The van der Waals surface area contributed by atoms with Gasteiger partial charge in [0.15, 0.2) is 4.80 Å². The highest BCUT2D eigenvalue weighted by atomic mass is 35.5. The van der Waals surface area contributed by atoms with Crippen LogP contribution in [0.25, 0.3) is 11.8 Å². The monoisotopic (exact) mass is 550 g/mol. The second-order valence-corrected chi connectivity index (χ2v) is 10.0. The van der Waals surface area contributed by atoms with Crippen LogP contribution < -0.4 is 14.9 Å². The molecule has 0 amide bonds. The second kappa shape index (κ2) is 10.4. The summed E-state index contributed by atoms with van der Waals surface area (Å²) in [4.78, 5) is 32.4. The number of hydrogen-bond donors (Lipinski definition) is 1. The Kier molecular flexibility index (Phi) is 7.02. The molecule has 6 nitrogen and oxygen atoms in total. The van der Waals surface area contributed by atoms with E-state index in [-0.39, 0.29) is 28.5 Å². The highest BCUT2D eigenvalue weighted by molar-refractivity contribution is 7.07. The highest BCUT2D eigenvalue weighted by Crippen LogP contribution is 2.35. The third-order valence-electron chi connectivity index (χ3n) is 5.83. The summed E-state index contributed by atoms with van der Waals surface area (Å²) >= 11 is 13.4. The van der Waals surface area contributed by atoms with Gasteiger partial charge in [-0.25, -0.2) is 9.79 Å². The van der Waals surface area contributed by atoms with Crippen LogP contribution in [0.15, 0.2) is 88.2 Å². The van der Waals surface area contributed by atoms with Crippen molar-refractivity contribution >= 4 is 52.3 Å². The lowest BCUT2D eigenvalue weighted by Crippen LogP contribution is -2.40. The summed E-state index contributed by atoms with van der Waals surface area (Å²) in [6, 6.07) is 20.8. The molecular weight excluding hydrogens is 531 g/mol. The van der Waals surface area contributed by atoms with Crippen molar-refractivity contribution in [3.63, 3.8) is 0 Å². The van der Waals surface area contributed by atoms with Gasteiger partial charge < -0.3 is 9.84 Å². The van der Waals surface area contributed by atoms with Crippen LogP contribution in [0.4, 0.5) is 0 Å². The Labute approximate surface area is 226 Å². The van der Waals surface area contributed by atoms with E-state index in [0.29, 0.717) is 25.6 Å². The van der Waals surface area contributed by atoms with Crippen molar-refractivity contribution in [1.29, 1.82) is 0 Å². The molecule has 2 heterocycles. The first-order valence-electron chi connectivity index (χ1n) is 11.4. The molecule has 0 fully saturated rings. The maximum Gasteiger partial charge on any atom is 0.338 e. The molecule has 5 rings (SSSR count). The van der Waals surface area contributed by atoms with Gasteiger partial charge in [0.05, 0.1) is 33.5 Å². The molecular formula is C28H20Cl2N2O4S. The number of carbonyl (C=O) groups excluding carboxylic acids is 1. The number of nitrogens with zero attached hydrogens (tertiary/aromatic N) is 2. The quantitative estimate of drug-likeness (QED) is 0.356. The summed E-state index contributed by atoms with van der Waals surface area (Å²) in [7, 11) is 0. The fourth-order valence-electron chi connectivity index (χ4n) is 4.23. The zero-order valence-corrected chi connectivity index (χ0v) is 21.8. The predicted molar refractivity (Wildman–Crippen MR) is 146 cm³/mol. The number of benzene rings is 3. The molecule has 3 aromatic carbocycles. The van der Waals surface area contributed by atoms with E-state index in [2.05, 4.69) is 0 Å². The summed E-state index contributed by atoms with van der Waals surface area (Å²) in [5.74, 6) is -0.735. The molecule has 0 spiro atoms. The van der Waals surface area contributed by atoms with Crippen LogP contribution in [0.2, 0.25) is 10.0 Å². The summed E-state index contributed by atoms with van der Waals surface area (Å²) in [6.07, 6.45) is 1.52. The van der Waals surface area contributed by atoms with E-state index in [1.54, 1.807) is 6.92 Å². The van der Waals surface area contributed by atoms with E-state index >= 15 is 0 Å². The van der Waals surface area contributed by atoms with Crippen LogP contribution >= 0.6 is 34.5 Å². The zero-order valence-electron chi connectivity index (χ0n) is 19.5. The molecule has 0 saturated heterocycles. The van der Waals surface area contributed by atoms with Crippen molar-refractivity contribution < 1.29 is 14.6 Å². The Morgan fingerprint density at radius 1 is 1.11 bits per heavy atom. The Morgan fingerprint density at radius 3 is 2.46 bits per heavy atom. The summed E-state index contributed by atoms with van der Waals surface area (Å²) < 4.78 is 7.24. The molecule has 1 aromatic heterocycles. The number of hydrogen-bond acceptors (Lipinski definition) is 6. The first kappa shape index (κ1) is 25.0. The number of aromatic hydroxyl groups is 1. The standard InChI is InChI=1S/C28H20Cl2N2O4S/c1-2-36-27(35)22-23(16-9-5-3-6-10-16)31-28-32(24(22)17-11-7-4-8-12-17)26(34)21(37-28)14-18-13-19(29)15-20(30)25(18)33/h3-15,24,33H,2H2,1H3/b21-14-/t24-/m1/s1. The molecule has 0 aliphatic carbocycles. The molecule has 37 heavy (non-hydrogen) atoms. The maximum atomic E-state index is 13.8. The van der Waals surface area contributed by atoms with Crippen molar-refractivity contribution in [2.45, 2.75) is 13.0 Å². The third-order valence-corrected chi connectivity index (χ3v) is 7.32. The van der Waals surface area contributed by atoms with Gasteiger partial charge in [0.1, 0.15) is 5.75 Å². The second-order valence-electron chi connectivity index (χ2n) is 8.17. The molecule has 0 radical (unpaired) electrons. The molecule has 0 bridgehead atoms. The number of fused-ring (bicyclic) bond motifs is 1. The number of rotatable bonds is 5. The minimum absolute atomic E-state index is 0.0737. The van der Waals surface area contributed by atoms with E-state index in [9.17, 15) is 14.7 Å². The lowest BCUT2D eigenvalue weighted by Gasteiger charge is -2.25. The van der Waals surface area contributed by atoms with Crippen LogP contribution in [0.3, 0.4) is 0 Å². The van der Waals surface area contributed by atoms with Crippen LogP contribution in [0.5, 0.6) is 5.75 Å². The average Bonchev–Trinajstić information content (AvgIpc) is 3.21. The summed E-state index contributed by atoms with van der Waals surface area (Å²) in [5, 5.41) is 10.8. The van der Waals surface area contributed by atoms with Gasteiger partial charge in [-0.15, -0.1) is 0 Å². The fourth-order valence-corrected chi connectivity index (χ4v) is 5.73. The Hall–Kier alpha value is -3.65. The van der Waals surface area contributed by atoms with Gasteiger partial charge in [-0.1, -0.05) is 95.2 Å². The molecule has 186 valence electrons. The van der Waals surface area contributed by atoms with Crippen LogP contribution in [-0.4, -0.2) is 22.2 Å². The topological polar surface area (TPSA) is 80.9 Å². The van der Waals surface area contributed by atoms with Gasteiger partial charge in [-0.2, -0.15) is 0 Å². The molecule has 1 aliphatic rings. The van der Waals surface area contributed by atoms with E-state index in [4.69, 9.17) is 32.9 Å². The van der Waals surface area contributed by atoms with E-state index < -0.39 is 12.0 Å². The van der Waals surface area contributed by atoms with Crippen LogP contribution in [-0.2, 0) is 9.53 Å². The van der Waals surface area contributed by atoms with Gasteiger partial charge in [0.25, 0.3) is 5.56 Å². The minimum Gasteiger partial charge on any atom is -0.506 e. The number of esters is 1. The van der Waals surface area contributed by atoms with E-state index in [1.165, 1.54) is 22.8 Å². The zero-order chi connectivity index (χ0) is 26.1. The maximum absolute atomic E-state index is 13.8. The Bertz CT molecular complexity index is 1710. The largest absolute Gasteiger partial charge is 0.506 e. The molecule has 0 saturated carbocycles. The first-order valence-corrected chi connectivity index (χ1v) is 13.0. The Balaban J connectivity index is 1.84. The van der Waals surface area contributed by atoms with Gasteiger partial charge in [0.2, 0.25) is 0 Å². The fraction of sp³-hybridized carbons (Fsp3) is 0.107. The number of ether oxygens (including phenoxy) is 1. The first-order chi connectivity index (χ1) is 17.9. The van der Waals surface area contributed by atoms with Gasteiger partial charge in [0, 0.05) is 16.1 Å². The normalized spacial score (nSPS) is 15.3. The number of carbonyl (C=O) groups is 1. The number of aromatic nitrogens is 1. The minimum atomic E-state index is -0.773. The summed E-state index contributed by atoms with van der Waals surface area (Å²) in [6.45, 7) is 1.90. The lowest BCUT2D eigenvalue weighted by molar-refractivity contribution is -0.138. The predicted octanol–water partition coefficient (Wildman–Crippen LogP) is 4.95. The van der Waals surface area contributed by atoms with Crippen LogP contribution in [0, 0.1) is 0 Å². The number of phenolic OH excluding ortho intramolecular Hbond substituents is 1. The van der Waals surface area contributed by atoms with Crippen LogP contribution in [0.1, 0.15) is 29.7 Å².